The Hall–Kier alpha value is -1.13. The molecule has 88 valence electrons. The Morgan fingerprint density at radius 1 is 1.44 bits per heavy atom. The zero-order valence-electron chi connectivity index (χ0n) is 9.20. The second-order valence-electron chi connectivity index (χ2n) is 4.14. The Balaban J connectivity index is 0.000000134. The van der Waals surface area contributed by atoms with Crippen molar-refractivity contribution in [1.82, 2.24) is 0 Å². The summed E-state index contributed by atoms with van der Waals surface area (Å²) >= 11 is 0. The van der Waals surface area contributed by atoms with E-state index >= 15 is 0 Å². The second-order valence-corrected chi connectivity index (χ2v) is 4.14. The number of epoxide rings is 1. The quantitative estimate of drug-likeness (QED) is 0.409. The number of rotatable bonds is 1. The van der Waals surface area contributed by atoms with E-state index in [2.05, 4.69) is 12.2 Å². The number of carbonyl (C=O) groups is 1. The minimum atomic E-state index is -0.440. The van der Waals surface area contributed by atoms with Crippen LogP contribution in [0.1, 0.15) is 19.8 Å². The summed E-state index contributed by atoms with van der Waals surface area (Å²) < 4.78 is 9.86. The number of aliphatic hydroxyl groups excluding tert-OH is 1. The maximum atomic E-state index is 10.4. The molecule has 0 bridgehead atoms. The van der Waals surface area contributed by atoms with E-state index < -0.39 is 6.10 Å². The second kappa shape index (κ2) is 4.80. The normalized spacial score (nSPS) is 37.6. The van der Waals surface area contributed by atoms with Crippen LogP contribution in [0.2, 0.25) is 0 Å². The van der Waals surface area contributed by atoms with Crippen LogP contribution in [0.25, 0.3) is 0 Å². The Bertz CT molecular complexity index is 321. The Labute approximate surface area is 94.5 Å². The van der Waals surface area contributed by atoms with E-state index in [4.69, 9.17) is 14.6 Å². The predicted molar refractivity (Wildman–Crippen MR) is 57.7 cm³/mol. The van der Waals surface area contributed by atoms with Gasteiger partial charge in [-0.05, 0) is 12.5 Å². The maximum Gasteiger partial charge on any atom is 0.303 e. The van der Waals surface area contributed by atoms with Crippen LogP contribution < -0.4 is 0 Å². The highest BCUT2D eigenvalue weighted by molar-refractivity contribution is 5.66. The molecular formula is C12H16O4. The van der Waals surface area contributed by atoms with Crippen LogP contribution in [0.15, 0.2) is 24.3 Å². The van der Waals surface area contributed by atoms with Crippen LogP contribution in [-0.2, 0) is 14.3 Å². The molecule has 4 nitrogen and oxygen atoms in total. The highest BCUT2D eigenvalue weighted by Gasteiger charge is 2.38. The number of aliphatic hydroxyl groups is 1. The summed E-state index contributed by atoms with van der Waals surface area (Å²) in [6, 6.07) is 0. The standard InChI is InChI=1S/C7H10O3.C5H6O/c1-5(8)10-7-3-2-6(9)4-7;1-2-4-5(3-1)6-4/h2-3,6-7,9H,4H2,1H3;1-2,4-5H,3H2/t6-,7+;4-,5+/m11/s1. The highest BCUT2D eigenvalue weighted by atomic mass is 16.6. The summed E-state index contributed by atoms with van der Waals surface area (Å²) in [4.78, 5) is 10.4. The number of carbonyl (C=O) groups excluding carboxylic acids is 1. The van der Waals surface area contributed by atoms with E-state index in [0.717, 1.165) is 6.42 Å². The molecule has 1 fully saturated rings. The SMILES string of the molecule is C1=C[C@H]2O[C@H]2C1.CC(=O)O[C@H]1C=C[C@@H](O)C1. The molecular weight excluding hydrogens is 208 g/mol. The summed E-state index contributed by atoms with van der Waals surface area (Å²) in [5.74, 6) is -0.302. The first-order valence-electron chi connectivity index (χ1n) is 5.51. The Morgan fingerprint density at radius 2 is 2.25 bits per heavy atom. The maximum absolute atomic E-state index is 10.4. The molecule has 0 aromatic rings. The molecule has 1 N–H and O–H groups in total. The van der Waals surface area contributed by atoms with E-state index in [-0.39, 0.29) is 12.1 Å². The molecule has 4 heteroatoms. The van der Waals surface area contributed by atoms with E-state index in [0.29, 0.717) is 18.6 Å². The van der Waals surface area contributed by atoms with Gasteiger partial charge in [-0.3, -0.25) is 4.79 Å². The third-order valence-corrected chi connectivity index (χ3v) is 2.65. The third-order valence-electron chi connectivity index (χ3n) is 2.65. The number of ether oxygens (including phenoxy) is 2. The molecule has 1 aliphatic heterocycles. The van der Waals surface area contributed by atoms with Gasteiger partial charge in [0.05, 0.1) is 12.2 Å². The van der Waals surface area contributed by atoms with Gasteiger partial charge in [-0.2, -0.15) is 0 Å². The van der Waals surface area contributed by atoms with Gasteiger partial charge in [0, 0.05) is 13.3 Å². The molecule has 16 heavy (non-hydrogen) atoms. The fourth-order valence-corrected chi connectivity index (χ4v) is 1.81. The van der Waals surface area contributed by atoms with Gasteiger partial charge in [-0.15, -0.1) is 0 Å². The van der Waals surface area contributed by atoms with Gasteiger partial charge >= 0.3 is 5.97 Å². The Morgan fingerprint density at radius 3 is 2.56 bits per heavy atom. The van der Waals surface area contributed by atoms with Gasteiger partial charge in [-0.1, -0.05) is 18.2 Å². The van der Waals surface area contributed by atoms with Crippen LogP contribution in [0, 0.1) is 0 Å². The fraction of sp³-hybridized carbons (Fsp3) is 0.583. The van der Waals surface area contributed by atoms with Gasteiger partial charge in [0.1, 0.15) is 12.2 Å². The smallest absolute Gasteiger partial charge is 0.303 e. The van der Waals surface area contributed by atoms with Crippen molar-refractivity contribution in [3.8, 4) is 0 Å². The van der Waals surface area contributed by atoms with Crippen molar-refractivity contribution >= 4 is 5.97 Å². The summed E-state index contributed by atoms with van der Waals surface area (Å²) in [6.07, 6.45) is 9.78. The molecule has 0 spiro atoms. The van der Waals surface area contributed by atoms with E-state index in [9.17, 15) is 4.79 Å². The molecule has 1 saturated heterocycles. The lowest BCUT2D eigenvalue weighted by Crippen LogP contribution is -2.13. The average Bonchev–Trinajstić information content (AvgIpc) is 2.63. The van der Waals surface area contributed by atoms with Gasteiger partial charge in [0.25, 0.3) is 0 Å². The lowest BCUT2D eigenvalue weighted by molar-refractivity contribution is -0.144. The van der Waals surface area contributed by atoms with Crippen LogP contribution in [0.3, 0.4) is 0 Å². The summed E-state index contributed by atoms with van der Waals surface area (Å²) in [5, 5.41) is 8.93. The molecule has 4 atom stereocenters. The van der Waals surface area contributed by atoms with Crippen LogP contribution in [-0.4, -0.2) is 35.5 Å². The molecule has 2 aliphatic carbocycles. The lowest BCUT2D eigenvalue weighted by atomic mass is 10.3. The van der Waals surface area contributed by atoms with Crippen molar-refractivity contribution < 1.29 is 19.4 Å². The van der Waals surface area contributed by atoms with Crippen molar-refractivity contribution in [1.29, 1.82) is 0 Å². The predicted octanol–water partition coefficient (Wildman–Crippen LogP) is 0.953. The largest absolute Gasteiger partial charge is 0.458 e. The van der Waals surface area contributed by atoms with Crippen LogP contribution >= 0.6 is 0 Å². The van der Waals surface area contributed by atoms with Crippen molar-refractivity contribution in [2.75, 3.05) is 0 Å². The summed E-state index contributed by atoms with van der Waals surface area (Å²) in [6.45, 7) is 1.36. The first-order chi connectivity index (χ1) is 7.65. The molecule has 3 aliphatic rings. The number of fused-ring (bicyclic) bond motifs is 1. The average molecular weight is 224 g/mol. The molecule has 1 heterocycles. The molecule has 0 saturated carbocycles. The Kier molecular flexibility index (Phi) is 3.41. The van der Waals surface area contributed by atoms with Crippen LogP contribution in [0.4, 0.5) is 0 Å². The number of hydrogen-bond donors (Lipinski definition) is 1. The van der Waals surface area contributed by atoms with Crippen molar-refractivity contribution in [2.45, 2.75) is 44.2 Å². The van der Waals surface area contributed by atoms with Crippen molar-refractivity contribution in [3.05, 3.63) is 24.3 Å². The minimum absolute atomic E-state index is 0.215. The summed E-state index contributed by atoms with van der Waals surface area (Å²) in [7, 11) is 0. The fourth-order valence-electron chi connectivity index (χ4n) is 1.81. The van der Waals surface area contributed by atoms with Gasteiger partial charge in [0.2, 0.25) is 0 Å². The minimum Gasteiger partial charge on any atom is -0.458 e. The lowest BCUT2D eigenvalue weighted by Gasteiger charge is -2.07. The van der Waals surface area contributed by atoms with E-state index in [1.165, 1.54) is 6.92 Å². The van der Waals surface area contributed by atoms with Crippen molar-refractivity contribution in [2.24, 2.45) is 0 Å². The molecule has 0 aromatic carbocycles. The van der Waals surface area contributed by atoms with Gasteiger partial charge in [-0.25, -0.2) is 0 Å². The first kappa shape index (κ1) is 11.4. The summed E-state index contributed by atoms with van der Waals surface area (Å²) in [5.41, 5.74) is 0. The monoisotopic (exact) mass is 224 g/mol. The van der Waals surface area contributed by atoms with Crippen LogP contribution in [0.5, 0.6) is 0 Å². The van der Waals surface area contributed by atoms with E-state index in [1.807, 2.05) is 0 Å². The molecule has 0 aromatic heterocycles. The molecule has 3 rings (SSSR count). The van der Waals surface area contributed by atoms with E-state index in [1.54, 1.807) is 12.2 Å². The number of hydrogen-bond acceptors (Lipinski definition) is 4. The zero-order chi connectivity index (χ0) is 11.5. The van der Waals surface area contributed by atoms with Crippen molar-refractivity contribution in [3.63, 3.8) is 0 Å². The van der Waals surface area contributed by atoms with Gasteiger partial charge in [0.15, 0.2) is 0 Å². The third kappa shape index (κ3) is 3.18. The highest BCUT2D eigenvalue weighted by Crippen LogP contribution is 2.31. The van der Waals surface area contributed by atoms with Gasteiger partial charge < -0.3 is 14.6 Å². The molecule has 0 amide bonds. The topological polar surface area (TPSA) is 59.1 Å². The first-order valence-corrected chi connectivity index (χ1v) is 5.51. The molecule has 0 radical (unpaired) electrons. The molecule has 0 unspecified atom stereocenters. The zero-order valence-corrected chi connectivity index (χ0v) is 9.20. The number of esters is 1.